The van der Waals surface area contributed by atoms with E-state index in [1.165, 1.54) is 7.11 Å². The quantitative estimate of drug-likeness (QED) is 0.813. The molecule has 1 saturated heterocycles. The second-order valence-corrected chi connectivity index (χ2v) is 4.33. The van der Waals surface area contributed by atoms with Crippen LogP contribution in [-0.4, -0.2) is 41.8 Å². The lowest BCUT2D eigenvalue weighted by Crippen LogP contribution is -2.27. The van der Waals surface area contributed by atoms with Crippen LogP contribution in [0.5, 0.6) is 0 Å². The number of nitrogens with zero attached hydrogens (tertiary/aromatic N) is 2. The monoisotopic (exact) mass is 251 g/mol. The molecule has 2 rings (SSSR count). The molecule has 0 bridgehead atoms. The molecule has 1 aromatic rings. The lowest BCUT2D eigenvalue weighted by atomic mass is 10.1. The molecule has 2 atom stereocenters. The number of hydrogen-bond acceptors (Lipinski definition) is 6. The Balaban J connectivity index is 2.17. The molecular formula is C12H17N3O3. The van der Waals surface area contributed by atoms with E-state index in [0.717, 1.165) is 18.7 Å². The minimum absolute atomic E-state index is 0.0755. The molecule has 0 aromatic carbocycles. The van der Waals surface area contributed by atoms with Crippen molar-refractivity contribution in [1.29, 1.82) is 0 Å². The molecule has 6 heteroatoms. The van der Waals surface area contributed by atoms with E-state index in [9.17, 15) is 4.79 Å². The Morgan fingerprint density at radius 3 is 2.94 bits per heavy atom. The van der Waals surface area contributed by atoms with Crippen LogP contribution in [0.2, 0.25) is 0 Å². The maximum absolute atomic E-state index is 11.4. The molecule has 1 fully saturated rings. The minimum atomic E-state index is -0.530. The fourth-order valence-electron chi connectivity index (χ4n) is 1.94. The van der Waals surface area contributed by atoms with Crippen molar-refractivity contribution < 1.29 is 14.3 Å². The average molecular weight is 251 g/mol. The highest BCUT2D eigenvalue weighted by molar-refractivity contribution is 5.85. The second-order valence-electron chi connectivity index (χ2n) is 4.33. The van der Waals surface area contributed by atoms with Gasteiger partial charge in [-0.25, -0.2) is 14.8 Å². The molecule has 1 aliphatic heterocycles. The predicted octanol–water partition coefficient (Wildman–Crippen LogP) is 1.16. The number of carbonyl (C=O) groups is 1. The van der Waals surface area contributed by atoms with E-state index >= 15 is 0 Å². The molecule has 18 heavy (non-hydrogen) atoms. The van der Waals surface area contributed by atoms with Gasteiger partial charge in [0.2, 0.25) is 5.82 Å². The Labute approximate surface area is 106 Å². The van der Waals surface area contributed by atoms with E-state index in [0.29, 0.717) is 5.82 Å². The van der Waals surface area contributed by atoms with E-state index in [-0.39, 0.29) is 18.0 Å². The zero-order valence-corrected chi connectivity index (χ0v) is 10.8. The van der Waals surface area contributed by atoms with E-state index in [1.807, 2.05) is 13.8 Å². The Kier molecular flexibility index (Phi) is 3.76. The maximum Gasteiger partial charge on any atom is 0.376 e. The number of aromatic nitrogens is 2. The van der Waals surface area contributed by atoms with Crippen molar-refractivity contribution in [2.45, 2.75) is 32.4 Å². The first-order chi connectivity index (χ1) is 8.60. The summed E-state index contributed by atoms with van der Waals surface area (Å²) in [4.78, 5) is 19.6. The van der Waals surface area contributed by atoms with Crippen LogP contribution in [0.4, 0.5) is 5.82 Å². The van der Waals surface area contributed by atoms with E-state index < -0.39 is 5.97 Å². The lowest BCUT2D eigenvalue weighted by Gasteiger charge is -2.17. The summed E-state index contributed by atoms with van der Waals surface area (Å²) in [6, 6.07) is 2.02. The van der Waals surface area contributed by atoms with Crippen molar-refractivity contribution in [3.8, 4) is 0 Å². The fraction of sp³-hybridized carbons (Fsp3) is 0.583. The number of methoxy groups -OCH3 is 1. The van der Waals surface area contributed by atoms with Crippen LogP contribution >= 0.6 is 0 Å². The molecule has 0 radical (unpaired) electrons. The van der Waals surface area contributed by atoms with Crippen LogP contribution in [0, 0.1) is 6.92 Å². The Hall–Kier alpha value is -1.69. The van der Waals surface area contributed by atoms with Crippen molar-refractivity contribution in [2.75, 3.05) is 19.0 Å². The SMILES string of the molecule is COC(=O)c1nc(C)cc(NC2CCOC2C)n1. The first-order valence-corrected chi connectivity index (χ1v) is 5.92. The van der Waals surface area contributed by atoms with Gasteiger partial charge < -0.3 is 14.8 Å². The second kappa shape index (κ2) is 5.30. The molecule has 1 N–H and O–H groups in total. The van der Waals surface area contributed by atoms with Crippen molar-refractivity contribution in [2.24, 2.45) is 0 Å². The zero-order valence-electron chi connectivity index (χ0n) is 10.8. The molecule has 2 unspecified atom stereocenters. The van der Waals surface area contributed by atoms with Crippen LogP contribution in [0.1, 0.15) is 29.7 Å². The third-order valence-corrected chi connectivity index (χ3v) is 2.93. The zero-order chi connectivity index (χ0) is 13.1. The molecule has 0 saturated carbocycles. The average Bonchev–Trinajstić information content (AvgIpc) is 2.73. The third-order valence-electron chi connectivity index (χ3n) is 2.93. The molecule has 0 spiro atoms. The molecule has 6 nitrogen and oxygen atoms in total. The van der Waals surface area contributed by atoms with Gasteiger partial charge in [0.15, 0.2) is 0 Å². The number of hydrogen-bond donors (Lipinski definition) is 1. The smallest absolute Gasteiger partial charge is 0.376 e. The lowest BCUT2D eigenvalue weighted by molar-refractivity contribution is 0.0586. The third kappa shape index (κ3) is 2.76. The number of rotatable bonds is 3. The van der Waals surface area contributed by atoms with E-state index in [4.69, 9.17) is 4.74 Å². The van der Waals surface area contributed by atoms with E-state index in [2.05, 4.69) is 20.0 Å². The highest BCUT2D eigenvalue weighted by atomic mass is 16.5. The summed E-state index contributed by atoms with van der Waals surface area (Å²) in [6.07, 6.45) is 1.07. The van der Waals surface area contributed by atoms with Gasteiger partial charge in [-0.1, -0.05) is 0 Å². The Morgan fingerprint density at radius 1 is 1.56 bits per heavy atom. The van der Waals surface area contributed by atoms with Crippen LogP contribution in [0.15, 0.2) is 6.07 Å². The molecule has 0 amide bonds. The number of nitrogens with one attached hydrogen (secondary N) is 1. The molecule has 98 valence electrons. The largest absolute Gasteiger partial charge is 0.463 e. The summed E-state index contributed by atoms with van der Waals surface area (Å²) < 4.78 is 10.1. The molecule has 1 aromatic heterocycles. The van der Waals surface area contributed by atoms with Gasteiger partial charge in [-0.3, -0.25) is 0 Å². The molecule has 1 aliphatic rings. The predicted molar refractivity (Wildman–Crippen MR) is 65.6 cm³/mol. The number of esters is 1. The van der Waals surface area contributed by atoms with E-state index in [1.54, 1.807) is 6.07 Å². The molecular weight excluding hydrogens is 234 g/mol. The number of anilines is 1. The van der Waals surface area contributed by atoms with Crippen molar-refractivity contribution in [3.05, 3.63) is 17.6 Å². The van der Waals surface area contributed by atoms with Gasteiger partial charge in [0.25, 0.3) is 0 Å². The summed E-state index contributed by atoms with van der Waals surface area (Å²) in [7, 11) is 1.31. The van der Waals surface area contributed by atoms with Crippen molar-refractivity contribution >= 4 is 11.8 Å². The Bertz CT molecular complexity index is 450. The van der Waals surface area contributed by atoms with Crippen LogP contribution in [-0.2, 0) is 9.47 Å². The normalized spacial score (nSPS) is 22.8. The van der Waals surface area contributed by atoms with Crippen LogP contribution in [0.25, 0.3) is 0 Å². The summed E-state index contributed by atoms with van der Waals surface area (Å²) in [5, 5.41) is 3.27. The van der Waals surface area contributed by atoms with Gasteiger partial charge in [-0.15, -0.1) is 0 Å². The summed E-state index contributed by atoms with van der Waals surface area (Å²) >= 11 is 0. The molecule has 2 heterocycles. The standard InChI is InChI=1S/C12H17N3O3/c1-7-6-10(14-9-4-5-18-8(9)2)15-11(13-7)12(16)17-3/h6,8-9H,4-5H2,1-3H3,(H,13,14,15). The van der Waals surface area contributed by atoms with Gasteiger partial charge in [0.05, 0.1) is 19.3 Å². The number of carbonyl (C=O) groups excluding carboxylic acids is 1. The minimum Gasteiger partial charge on any atom is -0.463 e. The van der Waals surface area contributed by atoms with Crippen LogP contribution < -0.4 is 5.32 Å². The maximum atomic E-state index is 11.4. The van der Waals surface area contributed by atoms with Crippen molar-refractivity contribution in [1.82, 2.24) is 9.97 Å². The summed E-state index contributed by atoms with van der Waals surface area (Å²) in [5.74, 6) is 0.175. The molecule has 0 aliphatic carbocycles. The van der Waals surface area contributed by atoms with Crippen molar-refractivity contribution in [3.63, 3.8) is 0 Å². The highest BCUT2D eigenvalue weighted by Gasteiger charge is 2.24. The van der Waals surface area contributed by atoms with Crippen LogP contribution in [0.3, 0.4) is 0 Å². The fourth-order valence-corrected chi connectivity index (χ4v) is 1.94. The number of ether oxygens (including phenoxy) is 2. The summed E-state index contributed by atoms with van der Waals surface area (Å²) in [5.41, 5.74) is 0.722. The van der Waals surface area contributed by atoms with Gasteiger partial charge in [-0.05, 0) is 20.3 Å². The van der Waals surface area contributed by atoms with Gasteiger partial charge in [0, 0.05) is 18.4 Å². The summed E-state index contributed by atoms with van der Waals surface area (Å²) in [6.45, 7) is 4.57. The van der Waals surface area contributed by atoms with Gasteiger partial charge >= 0.3 is 5.97 Å². The number of aryl methyl sites for hydroxylation is 1. The first-order valence-electron chi connectivity index (χ1n) is 5.92. The first kappa shape index (κ1) is 12.8. The van der Waals surface area contributed by atoms with Gasteiger partial charge in [0.1, 0.15) is 5.82 Å². The Morgan fingerprint density at radius 2 is 2.33 bits per heavy atom. The highest BCUT2D eigenvalue weighted by Crippen LogP contribution is 2.18. The topological polar surface area (TPSA) is 73.3 Å². The van der Waals surface area contributed by atoms with Gasteiger partial charge in [-0.2, -0.15) is 0 Å².